The number of halogens is 3. The molecule has 1 amide bonds. The molecule has 1 aromatic heterocycles. The first-order valence-corrected chi connectivity index (χ1v) is 9.28. The van der Waals surface area contributed by atoms with E-state index in [0.717, 1.165) is 21.8 Å². The number of aromatic nitrogens is 1. The average molecular weight is 417 g/mol. The van der Waals surface area contributed by atoms with Crippen LogP contribution in [0.5, 0.6) is 0 Å². The van der Waals surface area contributed by atoms with Gasteiger partial charge in [-0.3, -0.25) is 10.2 Å². The number of rotatable bonds is 2. The molecule has 0 unspecified atom stereocenters. The summed E-state index contributed by atoms with van der Waals surface area (Å²) in [5, 5.41) is 10.9. The molecule has 1 aromatic carbocycles. The molecular weight excluding hydrogens is 403 g/mol. The Balaban J connectivity index is 1.74. The predicted octanol–water partition coefficient (Wildman–Crippen LogP) is 4.28. The Hall–Kier alpha value is -3.14. The number of hydrazone groups is 1. The van der Waals surface area contributed by atoms with Gasteiger partial charge in [0.2, 0.25) is 10.2 Å². The van der Waals surface area contributed by atoms with Crippen molar-refractivity contribution in [2.75, 3.05) is 0 Å². The number of amidine groups is 2. The maximum atomic E-state index is 12.9. The van der Waals surface area contributed by atoms with Crippen molar-refractivity contribution in [2.45, 2.75) is 20.0 Å². The highest BCUT2D eigenvalue weighted by Crippen LogP contribution is 2.35. The van der Waals surface area contributed by atoms with Crippen molar-refractivity contribution >= 4 is 39.8 Å². The van der Waals surface area contributed by atoms with Crippen molar-refractivity contribution in [1.29, 1.82) is 5.41 Å². The van der Waals surface area contributed by atoms with Crippen LogP contribution in [0, 0.1) is 19.3 Å². The van der Waals surface area contributed by atoms with Gasteiger partial charge in [-0.15, -0.1) is 0 Å². The molecule has 0 fully saturated rings. The molecule has 2 aliphatic heterocycles. The number of hydrogen-bond donors (Lipinski definition) is 1. The fraction of sp³-hybridized carbons (Fsp3) is 0.158. The van der Waals surface area contributed by atoms with Gasteiger partial charge in [0.15, 0.2) is 5.84 Å². The smallest absolute Gasteiger partial charge is 0.317 e. The lowest BCUT2D eigenvalue weighted by Crippen LogP contribution is -2.35. The number of fused-ring (bicyclic) bond motifs is 1. The quantitative estimate of drug-likeness (QED) is 0.742. The zero-order valence-electron chi connectivity index (χ0n) is 15.3. The van der Waals surface area contributed by atoms with Crippen molar-refractivity contribution in [3.8, 4) is 5.69 Å². The summed E-state index contributed by atoms with van der Waals surface area (Å²) in [4.78, 5) is 16.1. The van der Waals surface area contributed by atoms with E-state index in [1.54, 1.807) is 18.3 Å². The summed E-state index contributed by atoms with van der Waals surface area (Å²) >= 11 is 0.229. The summed E-state index contributed by atoms with van der Waals surface area (Å²) in [7, 11) is 0. The number of carbonyl (C=O) groups excluding carboxylic acids is 1. The van der Waals surface area contributed by atoms with Crippen molar-refractivity contribution < 1.29 is 18.0 Å². The highest BCUT2D eigenvalue weighted by molar-refractivity contribution is 8.27. The second kappa shape index (κ2) is 6.73. The van der Waals surface area contributed by atoms with Crippen LogP contribution in [0.25, 0.3) is 11.8 Å². The molecule has 0 saturated heterocycles. The van der Waals surface area contributed by atoms with Crippen LogP contribution < -0.4 is 0 Å². The highest BCUT2D eigenvalue weighted by Gasteiger charge is 2.46. The van der Waals surface area contributed by atoms with Gasteiger partial charge in [-0.1, -0.05) is 6.07 Å². The minimum absolute atomic E-state index is 0.133. The number of carbonyl (C=O) groups is 1. The van der Waals surface area contributed by atoms with E-state index < -0.39 is 23.0 Å². The molecule has 0 atom stereocenters. The number of benzene rings is 1. The summed E-state index contributed by atoms with van der Waals surface area (Å²) in [6, 6.07) is 9.49. The lowest BCUT2D eigenvalue weighted by atomic mass is 10.1. The van der Waals surface area contributed by atoms with Crippen LogP contribution in [0.1, 0.15) is 16.8 Å². The van der Waals surface area contributed by atoms with E-state index in [1.807, 2.05) is 36.6 Å². The van der Waals surface area contributed by atoms with Crippen LogP contribution in [0.2, 0.25) is 0 Å². The van der Waals surface area contributed by atoms with Gasteiger partial charge in [0.05, 0.1) is 5.57 Å². The fourth-order valence-electron chi connectivity index (χ4n) is 3.09. The van der Waals surface area contributed by atoms with Crippen LogP contribution in [-0.4, -0.2) is 37.7 Å². The number of amides is 1. The van der Waals surface area contributed by atoms with Crippen LogP contribution in [0.15, 0.2) is 52.2 Å². The Morgan fingerprint density at radius 2 is 1.86 bits per heavy atom. The van der Waals surface area contributed by atoms with Gasteiger partial charge in [-0.25, -0.2) is 0 Å². The Kier molecular flexibility index (Phi) is 4.45. The molecule has 10 heteroatoms. The van der Waals surface area contributed by atoms with E-state index in [1.165, 1.54) is 6.08 Å². The van der Waals surface area contributed by atoms with Crippen LogP contribution in [0.4, 0.5) is 13.2 Å². The van der Waals surface area contributed by atoms with Crippen molar-refractivity contribution in [3.63, 3.8) is 0 Å². The molecule has 3 heterocycles. The molecule has 29 heavy (non-hydrogen) atoms. The average Bonchev–Trinajstić information content (AvgIpc) is 3.24. The molecule has 0 radical (unpaired) electrons. The molecule has 4 rings (SSSR count). The van der Waals surface area contributed by atoms with Gasteiger partial charge in [0.25, 0.3) is 5.91 Å². The van der Waals surface area contributed by atoms with Gasteiger partial charge in [-0.2, -0.15) is 28.3 Å². The molecule has 1 N–H and O–H groups in total. The maximum absolute atomic E-state index is 12.9. The number of nitrogens with zero attached hydrogens (tertiary/aromatic N) is 4. The third-order valence-corrected chi connectivity index (χ3v) is 5.21. The van der Waals surface area contributed by atoms with E-state index in [-0.39, 0.29) is 22.5 Å². The Bertz CT molecular complexity index is 1120. The summed E-state index contributed by atoms with van der Waals surface area (Å²) in [6.07, 6.45) is -1.43. The van der Waals surface area contributed by atoms with Crippen LogP contribution in [-0.2, 0) is 4.79 Å². The first kappa shape index (κ1) is 19.2. The largest absolute Gasteiger partial charge is 0.441 e. The minimum atomic E-state index is -4.67. The Morgan fingerprint density at radius 1 is 1.17 bits per heavy atom. The molecular formula is C19H14F3N5OS. The third-order valence-electron chi connectivity index (χ3n) is 4.25. The van der Waals surface area contributed by atoms with E-state index in [2.05, 4.69) is 10.1 Å². The predicted molar refractivity (Wildman–Crippen MR) is 106 cm³/mol. The molecule has 2 aromatic rings. The number of aliphatic imine (C=N–C) groups is 1. The minimum Gasteiger partial charge on any atom is -0.317 e. The molecule has 0 spiro atoms. The zero-order chi connectivity index (χ0) is 20.9. The summed E-state index contributed by atoms with van der Waals surface area (Å²) in [6.45, 7) is 3.94. The van der Waals surface area contributed by atoms with Crippen molar-refractivity contribution in [2.24, 2.45) is 10.1 Å². The number of aryl methyl sites for hydroxylation is 2. The summed E-state index contributed by atoms with van der Waals surface area (Å²) in [5.41, 5.74) is 3.45. The molecule has 0 aliphatic carbocycles. The summed E-state index contributed by atoms with van der Waals surface area (Å²) < 4.78 is 40.6. The number of nitrogens with one attached hydrogen (secondary N) is 1. The second-order valence-corrected chi connectivity index (χ2v) is 7.53. The van der Waals surface area contributed by atoms with Gasteiger partial charge in [0.1, 0.15) is 0 Å². The third kappa shape index (κ3) is 3.51. The lowest BCUT2D eigenvalue weighted by Gasteiger charge is -2.20. The highest BCUT2D eigenvalue weighted by atomic mass is 32.2. The Labute approximate surface area is 167 Å². The fourth-order valence-corrected chi connectivity index (χ4v) is 3.85. The van der Waals surface area contributed by atoms with E-state index in [4.69, 9.17) is 5.41 Å². The molecule has 0 bridgehead atoms. The lowest BCUT2D eigenvalue weighted by molar-refractivity contribution is -0.114. The standard InChI is InChI=1S/C19H14F3N5OS/c1-10-6-11(2)8-13(7-10)26-5-3-4-12(26)9-14-15(23)27-18(24-16(14)28)29-17(25-27)19(20,21)22/h3-9,23H,1-2H3/b14-9-,23-15?. The molecule has 2 aliphatic rings. The van der Waals surface area contributed by atoms with Gasteiger partial charge in [-0.05, 0) is 67.1 Å². The van der Waals surface area contributed by atoms with Crippen LogP contribution in [0.3, 0.4) is 0 Å². The monoisotopic (exact) mass is 417 g/mol. The molecule has 6 nitrogen and oxygen atoms in total. The SMILES string of the molecule is Cc1cc(C)cc(-n2cccc2/C=C2/C(=N)N3N=C(C(F)(F)F)SC3=NC2=O)c1. The van der Waals surface area contributed by atoms with E-state index >= 15 is 0 Å². The molecule has 0 saturated carbocycles. The Morgan fingerprint density at radius 3 is 2.52 bits per heavy atom. The summed E-state index contributed by atoms with van der Waals surface area (Å²) in [5.74, 6) is -1.22. The normalized spacial score (nSPS) is 18.2. The van der Waals surface area contributed by atoms with Crippen molar-refractivity contribution in [1.82, 2.24) is 9.58 Å². The van der Waals surface area contributed by atoms with E-state index in [9.17, 15) is 18.0 Å². The van der Waals surface area contributed by atoms with Gasteiger partial charge in [0, 0.05) is 17.6 Å². The first-order valence-electron chi connectivity index (χ1n) is 8.47. The zero-order valence-corrected chi connectivity index (χ0v) is 16.1. The first-order chi connectivity index (χ1) is 13.6. The second-order valence-electron chi connectivity index (χ2n) is 6.57. The number of hydrogen-bond acceptors (Lipinski definition) is 4. The molecule has 148 valence electrons. The maximum Gasteiger partial charge on any atom is 0.441 e. The number of thioether (sulfide) groups is 1. The van der Waals surface area contributed by atoms with Crippen LogP contribution >= 0.6 is 11.8 Å². The number of alkyl halides is 3. The van der Waals surface area contributed by atoms with Gasteiger partial charge < -0.3 is 4.57 Å². The van der Waals surface area contributed by atoms with E-state index in [0.29, 0.717) is 5.69 Å². The van der Waals surface area contributed by atoms with Crippen molar-refractivity contribution in [3.05, 3.63) is 58.9 Å². The van der Waals surface area contributed by atoms with Gasteiger partial charge >= 0.3 is 6.18 Å². The topological polar surface area (TPSA) is 73.8 Å².